The number of H-pyrrole nitrogens is 1. The van der Waals surface area contributed by atoms with E-state index >= 15 is 0 Å². The SMILES string of the molecule is O=C(c1ccc2c(c1)CCO2)c1c[nH]c2nccc(Cl)c12. The summed E-state index contributed by atoms with van der Waals surface area (Å²) in [5.41, 5.74) is 2.88. The summed E-state index contributed by atoms with van der Waals surface area (Å²) < 4.78 is 5.46. The molecule has 0 aliphatic carbocycles. The van der Waals surface area contributed by atoms with Crippen LogP contribution in [-0.2, 0) is 6.42 Å². The van der Waals surface area contributed by atoms with Gasteiger partial charge in [0.2, 0.25) is 0 Å². The van der Waals surface area contributed by atoms with Crippen LogP contribution in [0.3, 0.4) is 0 Å². The smallest absolute Gasteiger partial charge is 0.195 e. The number of carbonyl (C=O) groups is 1. The molecule has 21 heavy (non-hydrogen) atoms. The van der Waals surface area contributed by atoms with Crippen molar-refractivity contribution in [3.8, 4) is 5.75 Å². The Hall–Kier alpha value is -2.33. The molecule has 3 heterocycles. The lowest BCUT2D eigenvalue weighted by atomic mass is 10.0. The van der Waals surface area contributed by atoms with Crippen molar-refractivity contribution < 1.29 is 9.53 Å². The summed E-state index contributed by atoms with van der Waals surface area (Å²) >= 11 is 6.20. The fourth-order valence-electron chi connectivity index (χ4n) is 2.68. The number of benzene rings is 1. The summed E-state index contributed by atoms with van der Waals surface area (Å²) in [7, 11) is 0. The van der Waals surface area contributed by atoms with Crippen LogP contribution in [-0.4, -0.2) is 22.4 Å². The average molecular weight is 299 g/mol. The second-order valence-corrected chi connectivity index (χ2v) is 5.38. The van der Waals surface area contributed by atoms with E-state index in [2.05, 4.69) is 9.97 Å². The maximum atomic E-state index is 12.7. The van der Waals surface area contributed by atoms with Crippen molar-refractivity contribution in [3.05, 3.63) is 58.4 Å². The highest BCUT2D eigenvalue weighted by atomic mass is 35.5. The van der Waals surface area contributed by atoms with Crippen molar-refractivity contribution in [2.75, 3.05) is 6.61 Å². The molecular formula is C16H11ClN2O2. The van der Waals surface area contributed by atoms with E-state index < -0.39 is 0 Å². The van der Waals surface area contributed by atoms with Gasteiger partial charge < -0.3 is 9.72 Å². The first-order valence-electron chi connectivity index (χ1n) is 6.66. The lowest BCUT2D eigenvalue weighted by Gasteiger charge is -2.03. The van der Waals surface area contributed by atoms with Gasteiger partial charge in [0.05, 0.1) is 17.2 Å². The van der Waals surface area contributed by atoms with Crippen molar-refractivity contribution >= 4 is 28.4 Å². The summed E-state index contributed by atoms with van der Waals surface area (Å²) in [6.07, 6.45) is 4.12. The van der Waals surface area contributed by atoms with E-state index in [1.54, 1.807) is 24.5 Å². The first-order chi connectivity index (χ1) is 10.2. The molecule has 104 valence electrons. The molecule has 1 aliphatic heterocycles. The van der Waals surface area contributed by atoms with Gasteiger partial charge in [-0.25, -0.2) is 4.98 Å². The minimum Gasteiger partial charge on any atom is -0.493 e. The van der Waals surface area contributed by atoms with Crippen LogP contribution in [0.25, 0.3) is 11.0 Å². The van der Waals surface area contributed by atoms with E-state index in [0.29, 0.717) is 33.8 Å². The highest BCUT2D eigenvalue weighted by Crippen LogP contribution is 2.30. The molecule has 0 fully saturated rings. The Bertz CT molecular complexity index is 870. The summed E-state index contributed by atoms with van der Waals surface area (Å²) in [4.78, 5) is 19.9. The number of aromatic amines is 1. The van der Waals surface area contributed by atoms with Crippen LogP contribution in [0.15, 0.2) is 36.7 Å². The van der Waals surface area contributed by atoms with E-state index in [4.69, 9.17) is 16.3 Å². The number of ether oxygens (including phenoxy) is 1. The molecule has 0 saturated carbocycles. The van der Waals surface area contributed by atoms with Gasteiger partial charge in [-0.1, -0.05) is 11.6 Å². The number of ketones is 1. The maximum Gasteiger partial charge on any atom is 0.195 e. The summed E-state index contributed by atoms with van der Waals surface area (Å²) in [6.45, 7) is 0.676. The number of nitrogens with zero attached hydrogens (tertiary/aromatic N) is 1. The molecule has 4 nitrogen and oxygen atoms in total. The molecule has 1 aromatic carbocycles. The largest absolute Gasteiger partial charge is 0.493 e. The second-order valence-electron chi connectivity index (χ2n) is 4.97. The van der Waals surface area contributed by atoms with E-state index in [9.17, 15) is 4.79 Å². The molecule has 3 aromatic rings. The minimum absolute atomic E-state index is 0.0640. The van der Waals surface area contributed by atoms with Gasteiger partial charge in [-0.15, -0.1) is 0 Å². The molecule has 5 heteroatoms. The van der Waals surface area contributed by atoms with Crippen molar-refractivity contribution in [1.82, 2.24) is 9.97 Å². The van der Waals surface area contributed by atoms with Crippen LogP contribution < -0.4 is 4.74 Å². The van der Waals surface area contributed by atoms with Crippen molar-refractivity contribution in [2.24, 2.45) is 0 Å². The third-order valence-corrected chi connectivity index (χ3v) is 4.03. The Kier molecular flexibility index (Phi) is 2.72. The molecule has 0 bridgehead atoms. The third-order valence-electron chi connectivity index (χ3n) is 3.72. The highest BCUT2D eigenvalue weighted by molar-refractivity contribution is 6.37. The highest BCUT2D eigenvalue weighted by Gasteiger charge is 2.19. The van der Waals surface area contributed by atoms with Crippen LogP contribution in [0.1, 0.15) is 21.5 Å². The van der Waals surface area contributed by atoms with E-state index in [0.717, 1.165) is 17.7 Å². The second kappa shape index (κ2) is 4.60. The van der Waals surface area contributed by atoms with E-state index in [-0.39, 0.29) is 5.78 Å². The number of hydrogen-bond donors (Lipinski definition) is 1. The minimum atomic E-state index is -0.0640. The molecule has 2 aromatic heterocycles. The normalized spacial score (nSPS) is 13.2. The number of pyridine rings is 1. The zero-order valence-electron chi connectivity index (χ0n) is 11.0. The molecular weight excluding hydrogens is 288 g/mol. The van der Waals surface area contributed by atoms with Gasteiger partial charge in [-0.05, 0) is 29.8 Å². The zero-order chi connectivity index (χ0) is 14.4. The fourth-order valence-corrected chi connectivity index (χ4v) is 2.93. The van der Waals surface area contributed by atoms with E-state index in [1.165, 1.54) is 0 Å². The van der Waals surface area contributed by atoms with Gasteiger partial charge >= 0.3 is 0 Å². The van der Waals surface area contributed by atoms with Crippen molar-refractivity contribution in [1.29, 1.82) is 0 Å². The number of hydrogen-bond acceptors (Lipinski definition) is 3. The Morgan fingerprint density at radius 1 is 1.33 bits per heavy atom. The molecule has 1 aliphatic rings. The quantitative estimate of drug-likeness (QED) is 0.738. The molecule has 0 radical (unpaired) electrons. The van der Waals surface area contributed by atoms with Crippen LogP contribution in [0.5, 0.6) is 5.75 Å². The van der Waals surface area contributed by atoms with Gasteiger partial charge in [0, 0.05) is 29.8 Å². The number of halogens is 1. The lowest BCUT2D eigenvalue weighted by molar-refractivity contribution is 0.104. The molecule has 0 unspecified atom stereocenters. The molecule has 0 amide bonds. The third kappa shape index (κ3) is 1.91. The zero-order valence-corrected chi connectivity index (χ0v) is 11.8. The predicted octanol–water partition coefficient (Wildman–Crippen LogP) is 3.38. The van der Waals surface area contributed by atoms with Gasteiger partial charge in [0.1, 0.15) is 11.4 Å². The van der Waals surface area contributed by atoms with Gasteiger partial charge in [0.25, 0.3) is 0 Å². The fraction of sp³-hybridized carbons (Fsp3) is 0.125. The van der Waals surface area contributed by atoms with Crippen LogP contribution >= 0.6 is 11.6 Å². The number of aromatic nitrogens is 2. The Morgan fingerprint density at radius 3 is 3.14 bits per heavy atom. The van der Waals surface area contributed by atoms with E-state index in [1.807, 2.05) is 12.1 Å². The Labute approximate surface area is 125 Å². The lowest BCUT2D eigenvalue weighted by Crippen LogP contribution is -2.01. The van der Waals surface area contributed by atoms with Crippen LogP contribution in [0.4, 0.5) is 0 Å². The Balaban J connectivity index is 1.83. The molecule has 0 spiro atoms. The standard InChI is InChI=1S/C16H11ClN2O2/c17-12-3-5-18-16-14(12)11(8-19-16)15(20)10-1-2-13-9(7-10)4-6-21-13/h1-3,5,7-8H,4,6H2,(H,18,19). The number of nitrogens with one attached hydrogen (secondary N) is 1. The van der Waals surface area contributed by atoms with Gasteiger partial charge in [-0.3, -0.25) is 4.79 Å². The van der Waals surface area contributed by atoms with Crippen LogP contribution in [0.2, 0.25) is 5.02 Å². The number of carbonyl (C=O) groups excluding carboxylic acids is 1. The molecule has 0 saturated heterocycles. The summed E-state index contributed by atoms with van der Waals surface area (Å²) in [6, 6.07) is 7.22. The van der Waals surface area contributed by atoms with Crippen molar-refractivity contribution in [3.63, 3.8) is 0 Å². The Morgan fingerprint density at radius 2 is 2.24 bits per heavy atom. The molecule has 4 rings (SSSR count). The molecule has 1 N–H and O–H groups in total. The number of fused-ring (bicyclic) bond motifs is 2. The van der Waals surface area contributed by atoms with Crippen molar-refractivity contribution in [2.45, 2.75) is 6.42 Å². The topological polar surface area (TPSA) is 55.0 Å². The maximum absolute atomic E-state index is 12.7. The van der Waals surface area contributed by atoms with Gasteiger partial charge in [0.15, 0.2) is 5.78 Å². The average Bonchev–Trinajstić information content (AvgIpc) is 3.13. The summed E-state index contributed by atoms with van der Waals surface area (Å²) in [5.74, 6) is 0.802. The van der Waals surface area contributed by atoms with Crippen LogP contribution in [0, 0.1) is 0 Å². The first-order valence-corrected chi connectivity index (χ1v) is 7.04. The monoisotopic (exact) mass is 298 g/mol. The molecule has 0 atom stereocenters. The first kappa shape index (κ1) is 12.4. The predicted molar refractivity (Wildman–Crippen MR) is 80.2 cm³/mol. The number of rotatable bonds is 2. The van der Waals surface area contributed by atoms with Gasteiger partial charge in [-0.2, -0.15) is 0 Å². The summed E-state index contributed by atoms with van der Waals surface area (Å²) in [5, 5.41) is 1.19.